The van der Waals surface area contributed by atoms with Crippen LogP contribution in [0.25, 0.3) is 0 Å². The Bertz CT molecular complexity index is 824. The lowest BCUT2D eigenvalue weighted by Crippen LogP contribution is -2.27. The van der Waals surface area contributed by atoms with Crippen LogP contribution in [-0.4, -0.2) is 21.1 Å². The third kappa shape index (κ3) is 4.99. The van der Waals surface area contributed by atoms with Gasteiger partial charge in [0, 0.05) is 28.9 Å². The number of halogens is 2. The van der Waals surface area contributed by atoms with E-state index in [9.17, 15) is 9.90 Å². The molecule has 3 rings (SSSR count). The molecule has 2 aromatic rings. The molecule has 0 bridgehead atoms. The van der Waals surface area contributed by atoms with Gasteiger partial charge < -0.3 is 5.11 Å². The standard InChI is InChI=1S/C17H18Cl2O2.C3H4N2/c1-10-8-17(3,11(2)20)9-16(21)14(10)6-12-4-5-13(18)7-15(12)19;1-2-4-5-3-1/h4-5,7,9,21H,6,8H2,1-3H3;1-3H,(H,4,5). The SMILES string of the molecule is CC(=O)C1(C)C=C(O)C(Cc2ccc(Cl)cc2Cl)=C(C)C1.c1cn[nH]c1. The maximum Gasteiger partial charge on any atom is 0.139 e. The van der Waals surface area contributed by atoms with Crippen molar-refractivity contribution in [1.82, 2.24) is 10.2 Å². The molecule has 0 aliphatic heterocycles. The predicted molar refractivity (Wildman–Crippen MR) is 106 cm³/mol. The molecule has 0 spiro atoms. The van der Waals surface area contributed by atoms with Crippen LogP contribution in [0.1, 0.15) is 32.8 Å². The Balaban J connectivity index is 0.000000417. The van der Waals surface area contributed by atoms with Crippen molar-refractivity contribution in [3.63, 3.8) is 0 Å². The van der Waals surface area contributed by atoms with E-state index >= 15 is 0 Å². The zero-order valence-corrected chi connectivity index (χ0v) is 16.5. The van der Waals surface area contributed by atoms with Gasteiger partial charge >= 0.3 is 0 Å². The molecule has 1 atom stereocenters. The molecule has 1 aliphatic rings. The molecule has 0 amide bonds. The molecule has 0 saturated heterocycles. The van der Waals surface area contributed by atoms with Crippen LogP contribution in [0.3, 0.4) is 0 Å². The summed E-state index contributed by atoms with van der Waals surface area (Å²) < 4.78 is 0. The molecule has 0 saturated carbocycles. The highest BCUT2D eigenvalue weighted by Gasteiger charge is 2.33. The highest BCUT2D eigenvalue weighted by Crippen LogP contribution is 2.39. The number of rotatable bonds is 3. The largest absolute Gasteiger partial charge is 0.508 e. The van der Waals surface area contributed by atoms with Crippen molar-refractivity contribution < 1.29 is 9.90 Å². The number of carbonyl (C=O) groups is 1. The first-order valence-corrected chi connectivity index (χ1v) is 8.98. The summed E-state index contributed by atoms with van der Waals surface area (Å²) in [4.78, 5) is 11.8. The van der Waals surface area contributed by atoms with E-state index in [4.69, 9.17) is 23.2 Å². The van der Waals surface area contributed by atoms with Gasteiger partial charge in [0.05, 0.1) is 5.41 Å². The van der Waals surface area contributed by atoms with E-state index in [0.717, 1.165) is 16.7 Å². The number of aromatic nitrogens is 2. The van der Waals surface area contributed by atoms with E-state index in [1.807, 2.05) is 26.0 Å². The average molecular weight is 393 g/mol. The van der Waals surface area contributed by atoms with E-state index in [0.29, 0.717) is 22.9 Å². The Morgan fingerprint density at radius 3 is 2.58 bits per heavy atom. The molecule has 6 heteroatoms. The van der Waals surface area contributed by atoms with Crippen LogP contribution in [0.4, 0.5) is 0 Å². The molecule has 138 valence electrons. The molecule has 1 aromatic carbocycles. The van der Waals surface area contributed by atoms with E-state index in [2.05, 4.69) is 10.2 Å². The van der Waals surface area contributed by atoms with Crippen LogP contribution < -0.4 is 0 Å². The Morgan fingerprint density at radius 2 is 2.12 bits per heavy atom. The first-order chi connectivity index (χ1) is 12.2. The van der Waals surface area contributed by atoms with E-state index < -0.39 is 5.41 Å². The fourth-order valence-electron chi connectivity index (χ4n) is 2.85. The number of carbonyl (C=O) groups excluding carboxylic acids is 1. The topological polar surface area (TPSA) is 66.0 Å². The molecule has 2 N–H and O–H groups in total. The van der Waals surface area contributed by atoms with Crippen LogP contribution in [0.2, 0.25) is 10.0 Å². The Morgan fingerprint density at radius 1 is 1.38 bits per heavy atom. The van der Waals surface area contributed by atoms with Crippen molar-refractivity contribution in [1.29, 1.82) is 0 Å². The molecule has 1 unspecified atom stereocenters. The first-order valence-electron chi connectivity index (χ1n) is 8.22. The minimum Gasteiger partial charge on any atom is -0.508 e. The van der Waals surface area contributed by atoms with Gasteiger partial charge in [-0.2, -0.15) is 5.10 Å². The number of aliphatic hydroxyl groups is 1. The monoisotopic (exact) mass is 392 g/mol. The lowest BCUT2D eigenvalue weighted by molar-refractivity contribution is -0.123. The number of H-pyrrole nitrogens is 1. The molecule has 1 heterocycles. The molecule has 1 aliphatic carbocycles. The summed E-state index contributed by atoms with van der Waals surface area (Å²) in [6, 6.07) is 7.16. The molecule has 26 heavy (non-hydrogen) atoms. The maximum atomic E-state index is 11.8. The molecule has 4 nitrogen and oxygen atoms in total. The molecule has 0 radical (unpaired) electrons. The molecular formula is C20H22Cl2N2O2. The summed E-state index contributed by atoms with van der Waals surface area (Å²) in [6.07, 6.45) is 6.26. The van der Waals surface area contributed by atoms with Crippen LogP contribution >= 0.6 is 23.2 Å². The number of allylic oxidation sites excluding steroid dienone is 3. The smallest absolute Gasteiger partial charge is 0.139 e. The van der Waals surface area contributed by atoms with Gasteiger partial charge in [-0.15, -0.1) is 0 Å². The van der Waals surface area contributed by atoms with Crippen molar-refractivity contribution in [2.24, 2.45) is 5.41 Å². The summed E-state index contributed by atoms with van der Waals surface area (Å²) in [6.45, 7) is 5.35. The number of nitrogens with zero attached hydrogens (tertiary/aromatic N) is 1. The molecular weight excluding hydrogens is 371 g/mol. The van der Waals surface area contributed by atoms with Gasteiger partial charge in [-0.25, -0.2) is 0 Å². The fraction of sp³-hybridized carbons (Fsp3) is 0.300. The zero-order chi connectivity index (χ0) is 19.3. The summed E-state index contributed by atoms with van der Waals surface area (Å²) in [5, 5.41) is 17.7. The van der Waals surface area contributed by atoms with Crippen LogP contribution in [0.15, 0.2) is 59.6 Å². The number of nitrogens with one attached hydrogen (secondary N) is 1. The van der Waals surface area contributed by atoms with Gasteiger partial charge in [0.2, 0.25) is 0 Å². The van der Waals surface area contributed by atoms with Crippen LogP contribution in [0, 0.1) is 5.41 Å². The average Bonchev–Trinajstić information content (AvgIpc) is 3.12. The zero-order valence-electron chi connectivity index (χ0n) is 15.0. The van der Waals surface area contributed by atoms with E-state index in [-0.39, 0.29) is 11.5 Å². The number of hydrogen-bond acceptors (Lipinski definition) is 3. The number of hydrogen-bond donors (Lipinski definition) is 2. The van der Waals surface area contributed by atoms with Crippen LogP contribution in [-0.2, 0) is 11.2 Å². The van der Waals surface area contributed by atoms with Crippen molar-refractivity contribution in [2.75, 3.05) is 0 Å². The van der Waals surface area contributed by atoms with Gasteiger partial charge in [-0.3, -0.25) is 9.89 Å². The number of ketones is 1. The van der Waals surface area contributed by atoms with Gasteiger partial charge in [0.15, 0.2) is 0 Å². The highest BCUT2D eigenvalue weighted by molar-refractivity contribution is 6.35. The van der Waals surface area contributed by atoms with Crippen LogP contribution in [0.5, 0.6) is 0 Å². The van der Waals surface area contributed by atoms with Gasteiger partial charge in [-0.1, -0.05) is 34.8 Å². The number of benzene rings is 1. The predicted octanol–water partition coefficient (Wildman–Crippen LogP) is 5.70. The minimum absolute atomic E-state index is 0.0528. The minimum atomic E-state index is -0.624. The van der Waals surface area contributed by atoms with E-state index in [1.165, 1.54) is 0 Å². The summed E-state index contributed by atoms with van der Waals surface area (Å²) in [7, 11) is 0. The van der Waals surface area contributed by atoms with Crippen molar-refractivity contribution in [3.8, 4) is 0 Å². The highest BCUT2D eigenvalue weighted by atomic mass is 35.5. The molecule has 0 fully saturated rings. The number of aromatic amines is 1. The lowest BCUT2D eigenvalue weighted by atomic mass is 9.74. The Labute approximate surface area is 163 Å². The van der Waals surface area contributed by atoms with Gasteiger partial charge in [0.1, 0.15) is 11.5 Å². The number of Topliss-reactive ketones (excluding diaryl/α,β-unsaturated/α-hetero) is 1. The second kappa shape index (κ2) is 8.56. The van der Waals surface area contributed by atoms with Crippen molar-refractivity contribution in [2.45, 2.75) is 33.6 Å². The lowest BCUT2D eigenvalue weighted by Gasteiger charge is -2.30. The Kier molecular flexibility index (Phi) is 6.68. The second-order valence-electron chi connectivity index (χ2n) is 6.62. The van der Waals surface area contributed by atoms with E-state index in [1.54, 1.807) is 37.5 Å². The summed E-state index contributed by atoms with van der Waals surface area (Å²) >= 11 is 12.1. The first kappa shape index (κ1) is 20.3. The van der Waals surface area contributed by atoms with Gasteiger partial charge in [-0.05, 0) is 62.6 Å². The maximum absolute atomic E-state index is 11.8. The second-order valence-corrected chi connectivity index (χ2v) is 7.46. The Hall–Kier alpha value is -2.04. The third-order valence-electron chi connectivity index (χ3n) is 4.50. The summed E-state index contributed by atoms with van der Waals surface area (Å²) in [5.41, 5.74) is 2.13. The van der Waals surface area contributed by atoms with Gasteiger partial charge in [0.25, 0.3) is 0 Å². The summed E-state index contributed by atoms with van der Waals surface area (Å²) in [5.74, 6) is 0.222. The fourth-order valence-corrected chi connectivity index (χ4v) is 3.33. The number of aliphatic hydroxyl groups excluding tert-OH is 1. The van der Waals surface area contributed by atoms with Crippen molar-refractivity contribution >= 4 is 29.0 Å². The normalized spacial score (nSPS) is 19.5. The third-order valence-corrected chi connectivity index (χ3v) is 5.09. The quantitative estimate of drug-likeness (QED) is 0.703. The van der Waals surface area contributed by atoms with Crippen molar-refractivity contribution in [3.05, 3.63) is 75.2 Å². The molecule has 1 aromatic heterocycles.